The molecule has 0 amide bonds. The molecule has 0 saturated carbocycles. The molecule has 0 bridgehead atoms. The molecule has 7 heteroatoms. The van der Waals surface area contributed by atoms with Gasteiger partial charge in [0.15, 0.2) is 0 Å². The number of hydrogen-bond acceptors (Lipinski definition) is 6. The van der Waals surface area contributed by atoms with Crippen molar-refractivity contribution in [2.75, 3.05) is 38.2 Å². The first-order valence-electron chi connectivity index (χ1n) is 9.93. The molecular formula is C23H23ClN4O2. The van der Waals surface area contributed by atoms with Gasteiger partial charge in [-0.2, -0.15) is 10.2 Å². The zero-order chi connectivity index (χ0) is 20.9. The standard InChI is InChI=1S/C23H23ClN4O2/c1-16-2-4-17(5-3-16)21(28-10-12-29-13-11-28)15-26-23-20(14-25)27-22(30-23)18-6-8-19(24)9-7-18/h2-9,21,26H,10-13,15H2,1H3. The van der Waals surface area contributed by atoms with Gasteiger partial charge in [0.25, 0.3) is 0 Å². The molecule has 1 N–H and O–H groups in total. The highest BCUT2D eigenvalue weighted by molar-refractivity contribution is 6.30. The summed E-state index contributed by atoms with van der Waals surface area (Å²) in [7, 11) is 0. The monoisotopic (exact) mass is 422 g/mol. The van der Waals surface area contributed by atoms with E-state index in [2.05, 4.69) is 52.5 Å². The Bertz CT molecular complexity index is 1020. The minimum atomic E-state index is 0.130. The van der Waals surface area contributed by atoms with Crippen molar-refractivity contribution in [1.82, 2.24) is 9.88 Å². The molecule has 1 atom stereocenters. The lowest BCUT2D eigenvalue weighted by atomic mass is 10.0. The zero-order valence-electron chi connectivity index (χ0n) is 16.8. The third-order valence-corrected chi connectivity index (χ3v) is 5.48. The molecule has 1 saturated heterocycles. The number of nitrogens with one attached hydrogen (secondary N) is 1. The Labute approximate surface area is 181 Å². The first-order chi connectivity index (χ1) is 14.6. The van der Waals surface area contributed by atoms with E-state index in [9.17, 15) is 5.26 Å². The topological polar surface area (TPSA) is 74.3 Å². The van der Waals surface area contributed by atoms with Gasteiger partial charge in [-0.25, -0.2) is 0 Å². The highest BCUT2D eigenvalue weighted by atomic mass is 35.5. The summed E-state index contributed by atoms with van der Waals surface area (Å²) in [4.78, 5) is 6.73. The predicted octanol–water partition coefficient (Wildman–Crippen LogP) is 4.66. The molecule has 154 valence electrons. The van der Waals surface area contributed by atoms with Crippen LogP contribution in [0.5, 0.6) is 0 Å². The number of rotatable bonds is 6. The second-order valence-corrected chi connectivity index (χ2v) is 7.71. The minimum absolute atomic E-state index is 0.130. The predicted molar refractivity (Wildman–Crippen MR) is 116 cm³/mol. The maximum atomic E-state index is 9.52. The Hall–Kier alpha value is -2.85. The smallest absolute Gasteiger partial charge is 0.232 e. The summed E-state index contributed by atoms with van der Waals surface area (Å²) < 4.78 is 11.4. The molecule has 1 aromatic heterocycles. The van der Waals surface area contributed by atoms with Crippen LogP contribution in [0.4, 0.5) is 5.88 Å². The molecule has 30 heavy (non-hydrogen) atoms. The van der Waals surface area contributed by atoms with Crippen molar-refractivity contribution in [2.45, 2.75) is 13.0 Å². The second-order valence-electron chi connectivity index (χ2n) is 7.27. The van der Waals surface area contributed by atoms with Crippen molar-refractivity contribution >= 4 is 17.5 Å². The summed E-state index contributed by atoms with van der Waals surface area (Å²) in [6.45, 7) is 5.82. The molecule has 2 heterocycles. The summed E-state index contributed by atoms with van der Waals surface area (Å²) in [6.07, 6.45) is 0. The third kappa shape index (κ3) is 4.65. The highest BCUT2D eigenvalue weighted by Crippen LogP contribution is 2.28. The molecule has 6 nitrogen and oxygen atoms in total. The maximum Gasteiger partial charge on any atom is 0.232 e. The van der Waals surface area contributed by atoms with E-state index in [-0.39, 0.29) is 11.7 Å². The molecule has 1 unspecified atom stereocenters. The number of anilines is 1. The van der Waals surface area contributed by atoms with E-state index in [1.807, 2.05) is 12.1 Å². The zero-order valence-corrected chi connectivity index (χ0v) is 17.5. The van der Waals surface area contributed by atoms with E-state index in [0.717, 1.165) is 31.9 Å². The van der Waals surface area contributed by atoms with Crippen LogP contribution >= 0.6 is 11.6 Å². The lowest BCUT2D eigenvalue weighted by Crippen LogP contribution is -2.41. The number of ether oxygens (including phenoxy) is 1. The van der Waals surface area contributed by atoms with Gasteiger partial charge in [0.1, 0.15) is 6.07 Å². The van der Waals surface area contributed by atoms with Gasteiger partial charge < -0.3 is 14.5 Å². The number of aromatic nitrogens is 1. The summed E-state index contributed by atoms with van der Waals surface area (Å²) in [6, 6.07) is 18.0. The fourth-order valence-corrected chi connectivity index (χ4v) is 3.68. The number of benzene rings is 2. The van der Waals surface area contributed by atoms with Crippen molar-refractivity contribution in [3.05, 3.63) is 70.4 Å². The molecule has 4 rings (SSSR count). The number of aryl methyl sites for hydroxylation is 1. The van der Waals surface area contributed by atoms with Crippen LogP contribution in [-0.2, 0) is 4.74 Å². The van der Waals surface area contributed by atoms with Gasteiger partial charge in [-0.1, -0.05) is 41.4 Å². The summed E-state index contributed by atoms with van der Waals surface area (Å²) in [5, 5.41) is 13.5. The number of nitriles is 1. The normalized spacial score (nSPS) is 15.5. The molecule has 1 aliphatic heterocycles. The Morgan fingerprint density at radius 1 is 1.13 bits per heavy atom. The molecule has 3 aromatic rings. The van der Waals surface area contributed by atoms with Crippen molar-refractivity contribution in [3.63, 3.8) is 0 Å². The maximum absolute atomic E-state index is 9.52. The Morgan fingerprint density at radius 2 is 1.83 bits per heavy atom. The van der Waals surface area contributed by atoms with Crippen molar-refractivity contribution in [3.8, 4) is 17.5 Å². The van der Waals surface area contributed by atoms with Gasteiger partial charge in [-0.15, -0.1) is 0 Å². The van der Waals surface area contributed by atoms with Crippen LogP contribution in [0, 0.1) is 18.3 Å². The second kappa shape index (κ2) is 9.31. The van der Waals surface area contributed by atoms with Crippen molar-refractivity contribution in [2.24, 2.45) is 0 Å². The lowest BCUT2D eigenvalue weighted by molar-refractivity contribution is 0.0186. The van der Waals surface area contributed by atoms with E-state index in [1.165, 1.54) is 11.1 Å². The third-order valence-electron chi connectivity index (χ3n) is 5.23. The number of morpholine rings is 1. The van der Waals surface area contributed by atoms with E-state index in [0.29, 0.717) is 23.3 Å². The molecule has 0 aliphatic carbocycles. The SMILES string of the molecule is Cc1ccc(C(CNc2oc(-c3ccc(Cl)cc3)nc2C#N)N2CCOCC2)cc1. The minimum Gasteiger partial charge on any atom is -0.419 e. The Morgan fingerprint density at radius 3 is 2.50 bits per heavy atom. The van der Waals surface area contributed by atoms with Crippen LogP contribution in [0.15, 0.2) is 52.9 Å². The van der Waals surface area contributed by atoms with Crippen molar-refractivity contribution in [1.29, 1.82) is 5.26 Å². The van der Waals surface area contributed by atoms with E-state index < -0.39 is 0 Å². The molecule has 2 aromatic carbocycles. The quantitative estimate of drug-likeness (QED) is 0.622. The van der Waals surface area contributed by atoms with E-state index >= 15 is 0 Å². The fourth-order valence-electron chi connectivity index (χ4n) is 3.56. The highest BCUT2D eigenvalue weighted by Gasteiger charge is 2.24. The van der Waals surface area contributed by atoms with Gasteiger partial charge in [0.05, 0.1) is 19.3 Å². The van der Waals surface area contributed by atoms with E-state index in [4.69, 9.17) is 20.8 Å². The average molecular weight is 423 g/mol. The van der Waals surface area contributed by atoms with Gasteiger partial charge in [0, 0.05) is 30.2 Å². The largest absolute Gasteiger partial charge is 0.419 e. The average Bonchev–Trinajstić information content (AvgIpc) is 3.19. The van der Waals surface area contributed by atoms with Crippen LogP contribution in [0.1, 0.15) is 22.9 Å². The molecular weight excluding hydrogens is 400 g/mol. The van der Waals surface area contributed by atoms with Gasteiger partial charge in [-0.05, 0) is 36.8 Å². The van der Waals surface area contributed by atoms with Crippen LogP contribution < -0.4 is 5.32 Å². The van der Waals surface area contributed by atoms with Crippen molar-refractivity contribution < 1.29 is 9.15 Å². The molecule has 1 aliphatic rings. The first-order valence-corrected chi connectivity index (χ1v) is 10.3. The van der Waals surface area contributed by atoms with Gasteiger partial charge >= 0.3 is 0 Å². The number of nitrogens with zero attached hydrogens (tertiary/aromatic N) is 3. The molecule has 0 spiro atoms. The van der Waals surface area contributed by atoms with Crippen LogP contribution in [0.25, 0.3) is 11.5 Å². The number of halogens is 1. The van der Waals surface area contributed by atoms with E-state index in [1.54, 1.807) is 12.1 Å². The fraction of sp³-hybridized carbons (Fsp3) is 0.304. The first kappa shape index (κ1) is 20.4. The summed E-state index contributed by atoms with van der Waals surface area (Å²) in [5.74, 6) is 0.775. The lowest BCUT2D eigenvalue weighted by Gasteiger charge is -2.35. The molecule has 1 fully saturated rings. The molecule has 0 radical (unpaired) electrons. The summed E-state index contributed by atoms with van der Waals surface area (Å²) in [5.41, 5.74) is 3.45. The van der Waals surface area contributed by atoms with Crippen LogP contribution in [-0.4, -0.2) is 42.7 Å². The van der Waals surface area contributed by atoms with Gasteiger partial charge in [-0.3, -0.25) is 4.90 Å². The number of hydrogen-bond donors (Lipinski definition) is 1. The summed E-state index contributed by atoms with van der Waals surface area (Å²) >= 11 is 5.96. The van der Waals surface area contributed by atoms with Crippen LogP contribution in [0.3, 0.4) is 0 Å². The Balaban J connectivity index is 1.56. The Kier molecular flexibility index (Phi) is 6.34. The van der Waals surface area contributed by atoms with Gasteiger partial charge in [0.2, 0.25) is 17.5 Å². The number of oxazole rings is 1. The van der Waals surface area contributed by atoms with Crippen LogP contribution in [0.2, 0.25) is 5.02 Å².